The van der Waals surface area contributed by atoms with Gasteiger partial charge in [-0.05, 0) is 74.9 Å². The molecule has 31 heavy (non-hydrogen) atoms. The second kappa shape index (κ2) is 8.12. The highest BCUT2D eigenvalue weighted by atomic mass is 16.2. The van der Waals surface area contributed by atoms with Gasteiger partial charge in [-0.15, -0.1) is 0 Å². The smallest absolute Gasteiger partial charge is 0.253 e. The number of carbonyl (C=O) groups is 1. The molecule has 0 bridgehead atoms. The van der Waals surface area contributed by atoms with E-state index in [1.165, 1.54) is 19.3 Å². The van der Waals surface area contributed by atoms with E-state index < -0.39 is 0 Å². The minimum absolute atomic E-state index is 0.116. The Bertz CT molecular complexity index is 1090. The molecule has 1 saturated heterocycles. The van der Waals surface area contributed by atoms with Gasteiger partial charge in [0.2, 0.25) is 0 Å². The van der Waals surface area contributed by atoms with Crippen LogP contribution in [0.2, 0.25) is 0 Å². The predicted octanol–water partition coefficient (Wildman–Crippen LogP) is 4.67. The lowest BCUT2D eigenvalue weighted by molar-refractivity contribution is 0.0730. The van der Waals surface area contributed by atoms with Gasteiger partial charge in [0.15, 0.2) is 0 Å². The molecule has 1 aromatic heterocycles. The van der Waals surface area contributed by atoms with Crippen molar-refractivity contribution in [2.45, 2.75) is 51.6 Å². The van der Waals surface area contributed by atoms with Crippen molar-refractivity contribution in [3.63, 3.8) is 0 Å². The normalized spacial score (nSPS) is 24.2. The fourth-order valence-corrected chi connectivity index (χ4v) is 5.52. The van der Waals surface area contributed by atoms with E-state index in [4.69, 9.17) is 0 Å². The topological polar surface area (TPSA) is 41.4 Å². The van der Waals surface area contributed by atoms with Crippen molar-refractivity contribution in [1.82, 2.24) is 19.4 Å². The summed E-state index contributed by atoms with van der Waals surface area (Å²) in [4.78, 5) is 22.4. The third-order valence-corrected chi connectivity index (χ3v) is 7.35. The largest absolute Gasteiger partial charge is 0.337 e. The quantitative estimate of drug-likeness (QED) is 0.621. The van der Waals surface area contributed by atoms with E-state index in [0.717, 1.165) is 59.6 Å². The van der Waals surface area contributed by atoms with E-state index in [1.807, 2.05) is 61.3 Å². The molecular weight excluding hydrogens is 384 g/mol. The molecule has 2 aliphatic rings. The van der Waals surface area contributed by atoms with Crippen LogP contribution >= 0.6 is 0 Å². The zero-order valence-corrected chi connectivity index (χ0v) is 18.8. The van der Waals surface area contributed by atoms with Crippen molar-refractivity contribution < 1.29 is 4.79 Å². The first-order chi connectivity index (χ1) is 15.0. The van der Waals surface area contributed by atoms with Crippen LogP contribution in [0, 0.1) is 12.8 Å². The fraction of sp³-hybridized carbons (Fsp3) is 0.462. The molecule has 5 nitrogen and oxygen atoms in total. The molecule has 0 radical (unpaired) electrons. The SMILES string of the molecule is Cc1nc2ccccc2n1-c1ccc(C(=O)N(C)[C@H]2CCN(C3CC[C@@H](C)C3)C2)cc1. The number of aryl methyl sites for hydroxylation is 1. The molecule has 3 atom stereocenters. The number of hydrogen-bond acceptors (Lipinski definition) is 3. The van der Waals surface area contributed by atoms with E-state index in [2.05, 4.69) is 27.4 Å². The molecule has 0 spiro atoms. The van der Waals surface area contributed by atoms with Gasteiger partial charge >= 0.3 is 0 Å². The van der Waals surface area contributed by atoms with E-state index in [-0.39, 0.29) is 5.91 Å². The number of fused-ring (bicyclic) bond motifs is 1. The molecule has 3 aromatic rings. The molecule has 1 aliphatic carbocycles. The van der Waals surface area contributed by atoms with Crippen molar-refractivity contribution in [1.29, 1.82) is 0 Å². The Kier molecular flexibility index (Phi) is 5.30. The third-order valence-electron chi connectivity index (χ3n) is 7.35. The molecular formula is C26H32N4O. The van der Waals surface area contributed by atoms with Gasteiger partial charge in [-0.2, -0.15) is 0 Å². The average Bonchev–Trinajstić information content (AvgIpc) is 3.50. The molecule has 2 heterocycles. The number of hydrogen-bond donors (Lipinski definition) is 0. The number of likely N-dealkylation sites (tertiary alicyclic amines) is 1. The van der Waals surface area contributed by atoms with Crippen LogP contribution in [0.4, 0.5) is 0 Å². The van der Waals surface area contributed by atoms with Crippen LogP contribution in [-0.4, -0.2) is 57.5 Å². The Morgan fingerprint density at radius 2 is 1.84 bits per heavy atom. The zero-order valence-electron chi connectivity index (χ0n) is 18.8. The summed E-state index contributed by atoms with van der Waals surface area (Å²) in [6, 6.07) is 17.1. The van der Waals surface area contributed by atoms with Gasteiger partial charge in [0.25, 0.3) is 5.91 Å². The minimum Gasteiger partial charge on any atom is -0.337 e. The highest BCUT2D eigenvalue weighted by Gasteiger charge is 2.35. The first-order valence-electron chi connectivity index (χ1n) is 11.6. The van der Waals surface area contributed by atoms with Crippen molar-refractivity contribution in [3.8, 4) is 5.69 Å². The number of carbonyl (C=O) groups excluding carboxylic acids is 1. The highest BCUT2D eigenvalue weighted by Crippen LogP contribution is 2.32. The second-order valence-electron chi connectivity index (χ2n) is 9.46. The van der Waals surface area contributed by atoms with Gasteiger partial charge in [-0.1, -0.05) is 19.1 Å². The van der Waals surface area contributed by atoms with Crippen LogP contribution in [0.25, 0.3) is 16.7 Å². The molecule has 2 fully saturated rings. The second-order valence-corrected chi connectivity index (χ2v) is 9.46. The first kappa shape index (κ1) is 20.3. The maximum absolute atomic E-state index is 13.2. The Labute approximate surface area is 184 Å². The summed E-state index contributed by atoms with van der Waals surface area (Å²) in [6.07, 6.45) is 5.05. The summed E-state index contributed by atoms with van der Waals surface area (Å²) in [6.45, 7) is 6.51. The molecule has 2 aromatic carbocycles. The lowest BCUT2D eigenvalue weighted by Gasteiger charge is -2.27. The molecule has 0 N–H and O–H groups in total. The van der Waals surface area contributed by atoms with Gasteiger partial charge < -0.3 is 4.90 Å². The van der Waals surface area contributed by atoms with Crippen LogP contribution in [0.5, 0.6) is 0 Å². The summed E-state index contributed by atoms with van der Waals surface area (Å²) in [7, 11) is 1.97. The minimum atomic E-state index is 0.116. The molecule has 1 saturated carbocycles. The summed E-state index contributed by atoms with van der Waals surface area (Å²) in [5.41, 5.74) is 3.86. The van der Waals surface area contributed by atoms with Crippen LogP contribution in [0.3, 0.4) is 0 Å². The molecule has 1 aliphatic heterocycles. The average molecular weight is 417 g/mol. The Hall–Kier alpha value is -2.66. The van der Waals surface area contributed by atoms with Crippen molar-refractivity contribution >= 4 is 16.9 Å². The van der Waals surface area contributed by atoms with Crippen LogP contribution in [0.1, 0.15) is 48.8 Å². The van der Waals surface area contributed by atoms with Crippen molar-refractivity contribution in [2.24, 2.45) is 5.92 Å². The van der Waals surface area contributed by atoms with Crippen molar-refractivity contribution in [2.75, 3.05) is 20.1 Å². The standard InChI is InChI=1S/C26H32N4O/c1-18-8-11-22(16-18)29-15-14-23(17-29)28(3)26(31)20-9-12-21(13-10-20)30-19(2)27-24-6-4-5-7-25(24)30/h4-7,9-10,12-13,18,22-23H,8,11,14-17H2,1-3H3/t18-,22?,23+/m1/s1. The number of benzene rings is 2. The molecule has 162 valence electrons. The van der Waals surface area contributed by atoms with Gasteiger partial charge in [0, 0.05) is 43.5 Å². The monoisotopic (exact) mass is 416 g/mol. The van der Waals surface area contributed by atoms with E-state index in [1.54, 1.807) is 0 Å². The molecule has 1 unspecified atom stereocenters. The first-order valence-corrected chi connectivity index (χ1v) is 11.6. The predicted molar refractivity (Wildman–Crippen MR) is 125 cm³/mol. The third kappa shape index (κ3) is 3.76. The van der Waals surface area contributed by atoms with Gasteiger partial charge in [0.1, 0.15) is 5.82 Å². The molecule has 5 rings (SSSR count). The number of imidazole rings is 1. The Morgan fingerprint density at radius 3 is 2.58 bits per heavy atom. The summed E-state index contributed by atoms with van der Waals surface area (Å²) < 4.78 is 2.14. The van der Waals surface area contributed by atoms with Crippen LogP contribution in [-0.2, 0) is 0 Å². The number of likely N-dealkylation sites (N-methyl/N-ethyl adjacent to an activating group) is 1. The summed E-state index contributed by atoms with van der Waals surface area (Å²) >= 11 is 0. The summed E-state index contributed by atoms with van der Waals surface area (Å²) in [5, 5.41) is 0. The molecule has 5 heteroatoms. The van der Waals surface area contributed by atoms with E-state index in [0.29, 0.717) is 6.04 Å². The summed E-state index contributed by atoms with van der Waals surface area (Å²) in [5.74, 6) is 1.91. The maximum Gasteiger partial charge on any atom is 0.253 e. The maximum atomic E-state index is 13.2. The van der Waals surface area contributed by atoms with Crippen LogP contribution in [0.15, 0.2) is 48.5 Å². The number of nitrogens with zero attached hydrogens (tertiary/aromatic N) is 4. The molecule has 1 amide bonds. The zero-order chi connectivity index (χ0) is 21.5. The Balaban J connectivity index is 1.29. The Morgan fingerprint density at radius 1 is 1.06 bits per heavy atom. The van der Waals surface area contributed by atoms with Gasteiger partial charge in [-0.3, -0.25) is 14.3 Å². The van der Waals surface area contributed by atoms with Crippen LogP contribution < -0.4 is 0 Å². The van der Waals surface area contributed by atoms with Gasteiger partial charge in [-0.25, -0.2) is 4.98 Å². The highest BCUT2D eigenvalue weighted by molar-refractivity contribution is 5.94. The van der Waals surface area contributed by atoms with Crippen molar-refractivity contribution in [3.05, 3.63) is 59.9 Å². The number of rotatable bonds is 4. The van der Waals surface area contributed by atoms with Gasteiger partial charge in [0.05, 0.1) is 11.0 Å². The fourth-order valence-electron chi connectivity index (χ4n) is 5.52. The number of para-hydroxylation sites is 2. The van der Waals surface area contributed by atoms with E-state index >= 15 is 0 Å². The number of aromatic nitrogens is 2. The lowest BCUT2D eigenvalue weighted by atomic mass is 10.1. The number of amides is 1. The van der Waals surface area contributed by atoms with E-state index in [9.17, 15) is 4.79 Å². The lowest BCUT2D eigenvalue weighted by Crippen LogP contribution is -2.40.